The van der Waals surface area contributed by atoms with Crippen molar-refractivity contribution >= 4 is 17.9 Å². The predicted octanol–water partition coefficient (Wildman–Crippen LogP) is 10.6. The standard InChI is InChI=1S/C38H71NO6/c1-5-9-10-11-12-13-14-15-16-17-18-19-20-21-22-23-24-25-26-27-28-32-39(33(29-6-2)36(40)41,34(30-7-3)37(42)43)35(31-8-4)38(44)45/h19-20,33-35H,5-18,21-32H2,1-4H3,(H2-,40,41,42,43,44,45)/p+1/b20-19+. The van der Waals surface area contributed by atoms with E-state index in [0.717, 1.165) is 32.1 Å². The molecule has 7 heteroatoms. The molecule has 45 heavy (non-hydrogen) atoms. The van der Waals surface area contributed by atoms with Gasteiger partial charge < -0.3 is 15.3 Å². The Morgan fingerprint density at radius 3 is 1.02 bits per heavy atom. The summed E-state index contributed by atoms with van der Waals surface area (Å²) in [4.78, 5) is 37.8. The van der Waals surface area contributed by atoms with Crippen LogP contribution in [0, 0.1) is 0 Å². The monoisotopic (exact) mass is 639 g/mol. The zero-order valence-corrected chi connectivity index (χ0v) is 29.8. The van der Waals surface area contributed by atoms with Crippen LogP contribution in [-0.2, 0) is 14.4 Å². The molecule has 3 atom stereocenters. The summed E-state index contributed by atoms with van der Waals surface area (Å²) in [6.07, 6.45) is 30.4. The molecule has 0 bridgehead atoms. The van der Waals surface area contributed by atoms with Crippen molar-refractivity contribution in [1.82, 2.24) is 0 Å². The lowest BCUT2D eigenvalue weighted by molar-refractivity contribution is -0.973. The number of carbonyl (C=O) groups is 3. The largest absolute Gasteiger partial charge is 0.477 e. The maximum absolute atomic E-state index is 12.6. The van der Waals surface area contributed by atoms with E-state index in [4.69, 9.17) is 0 Å². The molecular formula is C38H72NO6+. The Kier molecular flexibility index (Phi) is 27.2. The summed E-state index contributed by atoms with van der Waals surface area (Å²) >= 11 is 0. The van der Waals surface area contributed by atoms with Crippen LogP contribution in [0.1, 0.15) is 188 Å². The van der Waals surface area contributed by atoms with Gasteiger partial charge in [0.1, 0.15) is 0 Å². The van der Waals surface area contributed by atoms with E-state index in [1.807, 2.05) is 20.8 Å². The van der Waals surface area contributed by atoms with Crippen molar-refractivity contribution in [3.63, 3.8) is 0 Å². The predicted molar refractivity (Wildman–Crippen MR) is 187 cm³/mol. The first kappa shape index (κ1) is 43.1. The first-order valence-electron chi connectivity index (χ1n) is 18.9. The van der Waals surface area contributed by atoms with E-state index in [9.17, 15) is 29.7 Å². The fraction of sp³-hybridized carbons (Fsp3) is 0.868. The van der Waals surface area contributed by atoms with Crippen LogP contribution in [0.2, 0.25) is 0 Å². The number of rotatable bonds is 33. The summed E-state index contributed by atoms with van der Waals surface area (Å²) in [5.74, 6) is -3.25. The van der Waals surface area contributed by atoms with E-state index in [1.165, 1.54) is 83.5 Å². The lowest BCUT2D eigenvalue weighted by Crippen LogP contribution is -2.72. The molecule has 0 heterocycles. The second-order valence-corrected chi connectivity index (χ2v) is 13.4. The van der Waals surface area contributed by atoms with Crippen LogP contribution in [0.15, 0.2) is 12.2 Å². The van der Waals surface area contributed by atoms with Crippen molar-refractivity contribution in [2.45, 2.75) is 206 Å². The smallest absolute Gasteiger partial charge is 0.362 e. The number of carboxylic acid groups (broad SMARTS) is 3. The highest BCUT2D eigenvalue weighted by atomic mass is 16.4. The molecule has 0 aliphatic heterocycles. The van der Waals surface area contributed by atoms with Crippen molar-refractivity contribution in [2.24, 2.45) is 0 Å². The van der Waals surface area contributed by atoms with Gasteiger partial charge in [-0.05, 0) is 57.8 Å². The molecule has 3 N–H and O–H groups in total. The van der Waals surface area contributed by atoms with Gasteiger partial charge in [-0.25, -0.2) is 14.4 Å². The maximum atomic E-state index is 12.6. The first-order valence-corrected chi connectivity index (χ1v) is 18.9. The normalized spacial score (nSPS) is 15.1. The van der Waals surface area contributed by atoms with Crippen LogP contribution in [0.4, 0.5) is 0 Å². The Hall–Kier alpha value is -1.89. The number of hydrogen-bond acceptors (Lipinski definition) is 3. The highest BCUT2D eigenvalue weighted by Crippen LogP contribution is 2.34. The summed E-state index contributed by atoms with van der Waals surface area (Å²) in [6, 6.07) is -3.14. The summed E-state index contributed by atoms with van der Waals surface area (Å²) < 4.78 is -0.374. The van der Waals surface area contributed by atoms with Gasteiger partial charge in [-0.3, -0.25) is 4.48 Å². The second kappa shape index (κ2) is 28.3. The fourth-order valence-electron chi connectivity index (χ4n) is 7.16. The average Bonchev–Trinajstić information content (AvgIpc) is 3.00. The van der Waals surface area contributed by atoms with Gasteiger partial charge in [0, 0.05) is 19.3 Å². The third-order valence-electron chi connectivity index (χ3n) is 9.59. The molecule has 0 spiro atoms. The van der Waals surface area contributed by atoms with Gasteiger partial charge >= 0.3 is 17.9 Å². The molecule has 0 rings (SSSR count). The molecule has 7 nitrogen and oxygen atoms in total. The topological polar surface area (TPSA) is 112 Å². The fourth-order valence-corrected chi connectivity index (χ4v) is 7.16. The summed E-state index contributed by atoms with van der Waals surface area (Å²) in [5.41, 5.74) is 0. The van der Waals surface area contributed by atoms with Crippen LogP contribution in [-0.4, -0.2) is 62.4 Å². The molecule has 3 unspecified atom stereocenters. The van der Waals surface area contributed by atoms with Crippen LogP contribution in [0.3, 0.4) is 0 Å². The summed E-state index contributed by atoms with van der Waals surface area (Å²) in [5, 5.41) is 30.9. The zero-order chi connectivity index (χ0) is 33.8. The summed E-state index contributed by atoms with van der Waals surface area (Å²) in [6.45, 7) is 8.18. The van der Waals surface area contributed by atoms with Crippen molar-refractivity contribution < 1.29 is 34.2 Å². The quantitative estimate of drug-likeness (QED) is 0.0374. The highest BCUT2D eigenvalue weighted by molar-refractivity contribution is 5.78. The third-order valence-corrected chi connectivity index (χ3v) is 9.59. The van der Waals surface area contributed by atoms with Gasteiger partial charge in [-0.15, -0.1) is 0 Å². The van der Waals surface area contributed by atoms with Crippen molar-refractivity contribution in [3.8, 4) is 0 Å². The Bertz CT molecular complexity index is 722. The van der Waals surface area contributed by atoms with Gasteiger partial charge in [0.25, 0.3) is 0 Å². The van der Waals surface area contributed by atoms with Gasteiger partial charge in [0.2, 0.25) is 0 Å². The molecule has 0 aromatic rings. The van der Waals surface area contributed by atoms with E-state index in [0.29, 0.717) is 25.7 Å². The number of carboxylic acids is 3. The van der Waals surface area contributed by atoms with Crippen molar-refractivity contribution in [2.75, 3.05) is 6.54 Å². The van der Waals surface area contributed by atoms with Crippen molar-refractivity contribution in [3.05, 3.63) is 12.2 Å². The molecule has 0 saturated heterocycles. The van der Waals surface area contributed by atoms with Crippen molar-refractivity contribution in [1.29, 1.82) is 0 Å². The number of nitrogens with zero attached hydrogens (tertiary/aromatic N) is 1. The van der Waals surface area contributed by atoms with Crippen LogP contribution >= 0.6 is 0 Å². The maximum Gasteiger partial charge on any atom is 0.362 e. The lowest BCUT2D eigenvalue weighted by Gasteiger charge is -2.50. The van der Waals surface area contributed by atoms with Crippen LogP contribution in [0.5, 0.6) is 0 Å². The molecule has 0 aromatic carbocycles. The van der Waals surface area contributed by atoms with Gasteiger partial charge in [-0.2, -0.15) is 0 Å². The number of aliphatic carboxylic acids is 3. The number of unbranched alkanes of at least 4 members (excludes halogenated alkanes) is 17. The molecule has 0 saturated carbocycles. The van der Waals surface area contributed by atoms with Crippen LogP contribution < -0.4 is 0 Å². The first-order chi connectivity index (χ1) is 21.7. The van der Waals surface area contributed by atoms with E-state index in [2.05, 4.69) is 19.1 Å². The average molecular weight is 639 g/mol. The Balaban J connectivity index is 4.69. The minimum atomic E-state index is -1.08. The number of hydrogen-bond donors (Lipinski definition) is 3. The van der Waals surface area contributed by atoms with E-state index in [-0.39, 0.29) is 30.3 Å². The Labute approximate surface area is 276 Å². The molecular weight excluding hydrogens is 566 g/mol. The van der Waals surface area contributed by atoms with Gasteiger partial charge in [0.05, 0.1) is 6.54 Å². The van der Waals surface area contributed by atoms with Gasteiger partial charge in [0.15, 0.2) is 18.1 Å². The highest BCUT2D eigenvalue weighted by Gasteiger charge is 2.56. The molecule has 0 aliphatic carbocycles. The minimum Gasteiger partial charge on any atom is -0.477 e. The van der Waals surface area contributed by atoms with E-state index < -0.39 is 36.0 Å². The zero-order valence-electron chi connectivity index (χ0n) is 29.8. The number of quaternary nitrogens is 1. The van der Waals surface area contributed by atoms with Crippen LogP contribution in [0.25, 0.3) is 0 Å². The van der Waals surface area contributed by atoms with E-state index in [1.54, 1.807) is 0 Å². The molecule has 264 valence electrons. The van der Waals surface area contributed by atoms with Gasteiger partial charge in [-0.1, -0.05) is 123 Å². The molecule has 0 radical (unpaired) electrons. The third kappa shape index (κ3) is 18.1. The molecule has 0 aromatic heterocycles. The molecule has 0 amide bonds. The number of allylic oxidation sites excluding steroid dienone is 2. The Morgan fingerprint density at radius 1 is 0.444 bits per heavy atom. The SMILES string of the molecule is CCCCCCCCCCCC/C=C/CCCCCCCCC[N+](C(CCC)C(=O)O)(C(CCC)C(=O)O)C(CCC)C(=O)O. The summed E-state index contributed by atoms with van der Waals surface area (Å²) in [7, 11) is 0. The Morgan fingerprint density at radius 2 is 0.733 bits per heavy atom. The second-order valence-electron chi connectivity index (χ2n) is 13.4. The lowest BCUT2D eigenvalue weighted by atomic mass is 9.91. The minimum absolute atomic E-state index is 0.268. The molecule has 0 aliphatic rings. The van der Waals surface area contributed by atoms with E-state index >= 15 is 0 Å². The molecule has 0 fully saturated rings.